The summed E-state index contributed by atoms with van der Waals surface area (Å²) >= 11 is 0. The summed E-state index contributed by atoms with van der Waals surface area (Å²) in [5.74, 6) is 1.36. The summed E-state index contributed by atoms with van der Waals surface area (Å²) in [7, 11) is 0.820. The molecule has 0 atom stereocenters. The second kappa shape index (κ2) is 16.2. The van der Waals surface area contributed by atoms with E-state index < -0.39 is 0 Å². The lowest BCUT2D eigenvalue weighted by molar-refractivity contribution is 0.832. The van der Waals surface area contributed by atoms with E-state index >= 15 is 0 Å². The molecule has 0 aromatic heterocycles. The number of hydrogen-bond acceptors (Lipinski definition) is 4. The quantitative estimate of drug-likeness (QED) is 0.0933. The van der Waals surface area contributed by atoms with Crippen LogP contribution in [0.2, 0.25) is 0 Å². The Labute approximate surface area is 316 Å². The molecule has 5 rings (SSSR count). The fourth-order valence-electron chi connectivity index (χ4n) is 7.78. The number of rotatable bonds is 10. The number of hydrogen-bond donors (Lipinski definition) is 0. The van der Waals surface area contributed by atoms with Gasteiger partial charge in [0.25, 0.3) is 0 Å². The van der Waals surface area contributed by atoms with E-state index in [-0.39, 0.29) is 6.98 Å². The van der Waals surface area contributed by atoms with Gasteiger partial charge in [-0.1, -0.05) is 127 Å². The van der Waals surface area contributed by atoms with Crippen LogP contribution in [-0.4, -0.2) is 17.9 Å². The Morgan fingerprint density at radius 1 is 0.558 bits per heavy atom. The van der Waals surface area contributed by atoms with Crippen LogP contribution in [0.4, 0.5) is 22.7 Å². The van der Waals surface area contributed by atoms with Crippen LogP contribution in [0.15, 0.2) is 83.0 Å². The standard InChI is InChI=1S/C46H58BN4P/c1-28(2)38-17-15-18-39(29(3)4)44(38)50-21-22-51(45-40(30(5)6)19-16-20-41(45)31(7)8)47(50)46(49-43-36(13)25-33(10)26-37(43)14)52-27-48-42-34(11)23-32(9)24-35(42)12/h15-26,28-31H,1-14H3. The van der Waals surface area contributed by atoms with Crippen molar-refractivity contribution in [2.24, 2.45) is 9.98 Å². The number of para-hydroxylation sites is 2. The number of benzene rings is 4. The molecule has 270 valence electrons. The van der Waals surface area contributed by atoms with Gasteiger partial charge in [-0.25, -0.2) is 4.99 Å². The highest BCUT2D eigenvalue weighted by Crippen LogP contribution is 2.44. The van der Waals surface area contributed by atoms with Crippen LogP contribution in [-0.2, 0) is 0 Å². The fraction of sp³-hybridized carbons (Fsp3) is 0.391. The molecule has 1 aliphatic heterocycles. The molecule has 0 spiro atoms. The van der Waals surface area contributed by atoms with Crippen molar-refractivity contribution in [2.75, 3.05) is 9.62 Å². The molecule has 6 heteroatoms. The summed E-state index contributed by atoms with van der Waals surface area (Å²) in [5, 5.41) is 0.979. The molecule has 0 N–H and O–H groups in total. The van der Waals surface area contributed by atoms with Gasteiger partial charge >= 0.3 is 6.98 Å². The Morgan fingerprint density at radius 2 is 0.904 bits per heavy atom. The van der Waals surface area contributed by atoms with Crippen LogP contribution < -0.4 is 9.62 Å². The van der Waals surface area contributed by atoms with E-state index in [1.165, 1.54) is 55.9 Å². The molecular weight excluding hydrogens is 650 g/mol. The molecule has 0 saturated carbocycles. The first-order chi connectivity index (χ1) is 24.6. The Morgan fingerprint density at radius 3 is 1.25 bits per heavy atom. The highest BCUT2D eigenvalue weighted by Gasteiger charge is 2.42. The first kappa shape index (κ1) is 39.1. The zero-order valence-electron chi connectivity index (χ0n) is 34.1. The fourth-order valence-corrected chi connectivity index (χ4v) is 8.55. The van der Waals surface area contributed by atoms with Crippen LogP contribution in [0.3, 0.4) is 0 Å². The van der Waals surface area contributed by atoms with Crippen molar-refractivity contribution < 1.29 is 0 Å². The Bertz CT molecular complexity index is 1910. The van der Waals surface area contributed by atoms with E-state index in [0.717, 1.165) is 36.1 Å². The van der Waals surface area contributed by atoms with Gasteiger partial charge in [-0.05, 0) is 110 Å². The lowest BCUT2D eigenvalue weighted by Gasteiger charge is -2.35. The van der Waals surface area contributed by atoms with Gasteiger partial charge in [0.1, 0.15) is 0 Å². The molecule has 4 nitrogen and oxygen atoms in total. The summed E-state index contributed by atoms with van der Waals surface area (Å²) in [6.07, 6.45) is 4.59. The zero-order chi connectivity index (χ0) is 38.0. The summed E-state index contributed by atoms with van der Waals surface area (Å²) in [6.45, 7) is 31.1. The lowest BCUT2D eigenvalue weighted by atomic mass is 9.71. The third kappa shape index (κ3) is 8.07. The highest BCUT2D eigenvalue weighted by molar-refractivity contribution is 7.66. The van der Waals surface area contributed by atoms with Crippen molar-refractivity contribution in [1.82, 2.24) is 0 Å². The monoisotopic (exact) mass is 708 g/mol. The van der Waals surface area contributed by atoms with Gasteiger partial charge < -0.3 is 9.62 Å². The molecular formula is C46H58BN4P. The Hall–Kier alpha value is -4.17. The smallest absolute Gasteiger partial charge is 0.365 e. The summed E-state index contributed by atoms with van der Waals surface area (Å²) in [6, 6.07) is 22.6. The highest BCUT2D eigenvalue weighted by atomic mass is 31.1. The normalized spacial score (nSPS) is 13.5. The average molecular weight is 709 g/mol. The molecule has 1 heterocycles. The molecule has 52 heavy (non-hydrogen) atoms. The first-order valence-electron chi connectivity index (χ1n) is 19.0. The number of aryl methyl sites for hydroxylation is 6. The Balaban J connectivity index is 1.89. The lowest BCUT2D eigenvalue weighted by Crippen LogP contribution is -2.50. The predicted molar refractivity (Wildman–Crippen MR) is 232 cm³/mol. The van der Waals surface area contributed by atoms with Crippen molar-refractivity contribution in [3.8, 4) is 0 Å². The molecule has 0 saturated heterocycles. The third-order valence-corrected chi connectivity index (χ3v) is 10.9. The molecule has 4 aromatic carbocycles. The number of nitrogens with zero attached hydrogens (tertiary/aromatic N) is 4. The second-order valence-electron chi connectivity index (χ2n) is 16.0. The first-order valence-corrected chi connectivity index (χ1v) is 19.9. The van der Waals surface area contributed by atoms with E-state index in [2.05, 4.69) is 185 Å². The van der Waals surface area contributed by atoms with Crippen LogP contribution >= 0.6 is 8.20 Å². The summed E-state index contributed by atoms with van der Waals surface area (Å²) < 4.78 is 0. The maximum atomic E-state index is 5.68. The maximum absolute atomic E-state index is 5.68. The van der Waals surface area contributed by atoms with Crippen LogP contribution in [0.25, 0.3) is 0 Å². The molecule has 0 amide bonds. The van der Waals surface area contributed by atoms with Crippen molar-refractivity contribution in [3.05, 3.63) is 129 Å². The van der Waals surface area contributed by atoms with E-state index in [9.17, 15) is 0 Å². The van der Waals surface area contributed by atoms with Crippen LogP contribution in [0.5, 0.6) is 0 Å². The molecule has 0 fully saturated rings. The molecule has 0 unspecified atom stereocenters. The summed E-state index contributed by atoms with van der Waals surface area (Å²) in [4.78, 5) is 15.7. The Kier molecular flexibility index (Phi) is 12.2. The van der Waals surface area contributed by atoms with Crippen LogP contribution in [0, 0.1) is 41.5 Å². The minimum atomic E-state index is -0.250. The van der Waals surface area contributed by atoms with Gasteiger partial charge in [0.05, 0.1) is 16.7 Å². The van der Waals surface area contributed by atoms with Gasteiger partial charge in [0, 0.05) is 37.6 Å². The van der Waals surface area contributed by atoms with Gasteiger partial charge in [-0.2, -0.15) is 0 Å². The molecule has 0 aliphatic carbocycles. The number of anilines is 2. The molecule has 1 aliphatic rings. The van der Waals surface area contributed by atoms with E-state index in [4.69, 9.17) is 9.98 Å². The number of aliphatic imine (C=N–C) groups is 2. The van der Waals surface area contributed by atoms with E-state index in [1.807, 2.05) is 0 Å². The van der Waals surface area contributed by atoms with Crippen molar-refractivity contribution in [3.63, 3.8) is 0 Å². The predicted octanol–water partition coefficient (Wildman–Crippen LogP) is 13.8. The topological polar surface area (TPSA) is 31.2 Å². The van der Waals surface area contributed by atoms with Crippen LogP contribution in [0.1, 0.15) is 135 Å². The zero-order valence-corrected chi connectivity index (χ0v) is 34.9. The van der Waals surface area contributed by atoms with Crippen molar-refractivity contribution >= 4 is 48.9 Å². The second-order valence-corrected chi connectivity index (χ2v) is 16.8. The summed E-state index contributed by atoms with van der Waals surface area (Å²) in [5.41, 5.74) is 20.6. The van der Waals surface area contributed by atoms with Crippen molar-refractivity contribution in [1.29, 1.82) is 0 Å². The molecule has 4 aromatic rings. The van der Waals surface area contributed by atoms with Crippen molar-refractivity contribution in [2.45, 2.75) is 121 Å². The third-order valence-electron chi connectivity index (χ3n) is 10.2. The SMILES string of the molecule is Cc1cc(C)c(N=C=PC(=Nc2c(C)cc(C)cc2C)B2N(c3c(C(C)C)cccc3C(C)C)C=CN2c2c(C(C)C)cccc2C(C)C)c(C)c1. The minimum Gasteiger partial charge on any atom is -0.365 e. The maximum Gasteiger partial charge on any atom is 0.444 e. The molecule has 0 radical (unpaired) electrons. The van der Waals surface area contributed by atoms with Gasteiger partial charge in [0.15, 0.2) is 0 Å². The van der Waals surface area contributed by atoms with E-state index in [1.54, 1.807) is 0 Å². The largest absolute Gasteiger partial charge is 0.444 e. The minimum absolute atomic E-state index is 0.250. The van der Waals surface area contributed by atoms with Gasteiger partial charge in [0.2, 0.25) is 0 Å². The van der Waals surface area contributed by atoms with Gasteiger partial charge in [-0.15, -0.1) is 0 Å². The average Bonchev–Trinajstić information content (AvgIpc) is 3.49. The van der Waals surface area contributed by atoms with Gasteiger partial charge in [-0.3, -0.25) is 4.99 Å². The molecule has 0 bridgehead atoms. The van der Waals surface area contributed by atoms with E-state index in [0.29, 0.717) is 23.7 Å².